The number of benzene rings is 9. The minimum Gasteiger partial charge on any atom is -1.00 e. The van der Waals surface area contributed by atoms with Crippen LogP contribution in [0, 0.1) is 0 Å². The average Bonchev–Trinajstić information content (AvgIpc) is 3.39. The van der Waals surface area contributed by atoms with Crippen LogP contribution in [0.15, 0.2) is 273 Å². The van der Waals surface area contributed by atoms with Crippen LogP contribution in [0.3, 0.4) is 0 Å². The van der Waals surface area contributed by atoms with Crippen molar-refractivity contribution in [3.63, 3.8) is 0 Å². The van der Waals surface area contributed by atoms with Gasteiger partial charge in [0.15, 0.2) is 0 Å². The van der Waals surface area contributed by atoms with Gasteiger partial charge in [0.2, 0.25) is 0 Å². The van der Waals surface area contributed by atoms with Gasteiger partial charge in [-0.1, -0.05) is 164 Å². The van der Waals surface area contributed by atoms with Crippen molar-refractivity contribution in [2.75, 3.05) is 18.5 Å². The van der Waals surface area contributed by atoms with Crippen LogP contribution in [0.2, 0.25) is 0 Å². The standard InChI is InChI=1S/3C20H20P.3HI/c3*1-2-21(18-12-6-3-7-13-18,19-14-8-4-9-15-19)20-16-10-5-11-17-20;;;/h3*3-17H,2H2,1H3;3*1H/q3*+1;;;/p-3. The molecule has 9 aromatic carbocycles. The second-order valence-corrected chi connectivity index (χ2v) is 26.8. The number of hydrogen-bond acceptors (Lipinski definition) is 0. The van der Waals surface area contributed by atoms with Gasteiger partial charge in [-0.2, -0.15) is 0 Å². The van der Waals surface area contributed by atoms with Crippen LogP contribution in [0.5, 0.6) is 0 Å². The Morgan fingerprint density at radius 3 is 0.348 bits per heavy atom. The largest absolute Gasteiger partial charge is 1.00 e. The molecule has 0 fully saturated rings. The van der Waals surface area contributed by atoms with E-state index in [0.29, 0.717) is 0 Å². The Morgan fingerprint density at radius 1 is 0.182 bits per heavy atom. The fourth-order valence-electron chi connectivity index (χ4n) is 9.13. The molecule has 0 heterocycles. The fourth-order valence-corrected chi connectivity index (χ4v) is 21.2. The Kier molecular flexibility index (Phi) is 23.4. The highest BCUT2D eigenvalue weighted by atomic mass is 127. The van der Waals surface area contributed by atoms with Crippen molar-refractivity contribution in [2.45, 2.75) is 20.8 Å². The third-order valence-electron chi connectivity index (χ3n) is 12.2. The second-order valence-electron chi connectivity index (χ2n) is 15.4. The van der Waals surface area contributed by atoms with E-state index in [9.17, 15) is 0 Å². The van der Waals surface area contributed by atoms with E-state index >= 15 is 0 Å². The van der Waals surface area contributed by atoms with E-state index in [4.69, 9.17) is 0 Å². The number of hydrogen-bond donors (Lipinski definition) is 0. The SMILES string of the molecule is CC[P+](c1ccccc1)(c1ccccc1)c1ccccc1.CC[P+](c1ccccc1)(c1ccccc1)c1ccccc1.CC[P+](c1ccccc1)(c1ccccc1)c1ccccc1.[I-].[I-].[I-]. The summed E-state index contributed by atoms with van der Waals surface area (Å²) in [7, 11) is -4.60. The Hall–Kier alpha value is -3.54. The molecule has 0 aliphatic heterocycles. The zero-order valence-corrected chi connectivity index (χ0v) is 47.2. The summed E-state index contributed by atoms with van der Waals surface area (Å²) >= 11 is 0. The van der Waals surface area contributed by atoms with Gasteiger partial charge in [-0.05, 0) is 130 Å². The molecule has 0 aromatic heterocycles. The minimum atomic E-state index is -1.53. The van der Waals surface area contributed by atoms with E-state index in [1.165, 1.54) is 47.7 Å². The van der Waals surface area contributed by atoms with Gasteiger partial charge in [0.1, 0.15) is 69.5 Å². The van der Waals surface area contributed by atoms with Crippen molar-refractivity contribution in [2.24, 2.45) is 0 Å². The van der Waals surface area contributed by atoms with Crippen LogP contribution in [-0.2, 0) is 0 Å². The monoisotopic (exact) mass is 1250 g/mol. The van der Waals surface area contributed by atoms with E-state index in [0.717, 1.165) is 18.5 Å². The third-order valence-corrected chi connectivity index (χ3v) is 25.7. The van der Waals surface area contributed by atoms with Crippen molar-refractivity contribution in [1.82, 2.24) is 0 Å². The second kappa shape index (κ2) is 28.1. The first-order valence-corrected chi connectivity index (χ1v) is 28.2. The molecule has 0 atom stereocenters. The smallest absolute Gasteiger partial charge is 0.111 e. The molecule has 9 rings (SSSR count). The lowest BCUT2D eigenvalue weighted by Crippen LogP contribution is -3.00. The molecule has 0 radical (unpaired) electrons. The van der Waals surface area contributed by atoms with Crippen molar-refractivity contribution < 1.29 is 71.9 Å². The van der Waals surface area contributed by atoms with E-state index < -0.39 is 21.8 Å². The lowest BCUT2D eigenvalue weighted by Gasteiger charge is -2.26. The first-order valence-electron chi connectivity index (χ1n) is 22.3. The maximum atomic E-state index is 2.32. The molecule has 0 amide bonds. The van der Waals surface area contributed by atoms with Gasteiger partial charge in [0.25, 0.3) is 0 Å². The first-order chi connectivity index (χ1) is 31.1. The van der Waals surface area contributed by atoms with Gasteiger partial charge in [0, 0.05) is 0 Å². The maximum absolute atomic E-state index is 2.32. The van der Waals surface area contributed by atoms with Crippen LogP contribution in [0.4, 0.5) is 0 Å². The van der Waals surface area contributed by atoms with E-state index in [-0.39, 0.29) is 71.9 Å². The van der Waals surface area contributed by atoms with E-state index in [2.05, 4.69) is 294 Å². The zero-order valence-electron chi connectivity index (χ0n) is 38.1. The molecular weight excluding hydrogens is 1190 g/mol. The molecule has 0 spiro atoms. The maximum Gasteiger partial charge on any atom is 0.111 e. The summed E-state index contributed by atoms with van der Waals surface area (Å²) in [5.74, 6) is 0. The minimum absolute atomic E-state index is 0. The van der Waals surface area contributed by atoms with Gasteiger partial charge in [0.05, 0.1) is 18.5 Å². The topological polar surface area (TPSA) is 0 Å². The summed E-state index contributed by atoms with van der Waals surface area (Å²) in [6, 6.07) is 99.0. The normalized spacial score (nSPS) is 10.8. The molecule has 0 saturated heterocycles. The summed E-state index contributed by atoms with van der Waals surface area (Å²) in [4.78, 5) is 0. The Bertz CT molecular complexity index is 2050. The summed E-state index contributed by atoms with van der Waals surface area (Å²) in [5.41, 5.74) is 0. The Balaban J connectivity index is 0.000000212. The summed E-state index contributed by atoms with van der Waals surface area (Å²) in [6.07, 6.45) is 3.43. The zero-order chi connectivity index (χ0) is 43.6. The fraction of sp³-hybridized carbons (Fsp3) is 0.100. The third kappa shape index (κ3) is 12.4. The molecule has 9 aromatic rings. The van der Waals surface area contributed by atoms with Crippen molar-refractivity contribution >= 4 is 69.5 Å². The molecule has 6 heteroatoms. The van der Waals surface area contributed by atoms with Crippen LogP contribution >= 0.6 is 21.8 Å². The summed E-state index contributed by atoms with van der Waals surface area (Å²) < 4.78 is 0. The molecule has 0 saturated carbocycles. The molecule has 0 N–H and O–H groups in total. The van der Waals surface area contributed by atoms with Crippen molar-refractivity contribution in [3.8, 4) is 0 Å². The van der Waals surface area contributed by atoms with Gasteiger partial charge >= 0.3 is 0 Å². The lowest BCUT2D eigenvalue weighted by molar-refractivity contribution is -0.00100. The predicted molar refractivity (Wildman–Crippen MR) is 287 cm³/mol. The molecule has 0 bridgehead atoms. The highest BCUT2D eigenvalue weighted by Gasteiger charge is 2.45. The Labute approximate surface area is 449 Å². The van der Waals surface area contributed by atoms with Crippen molar-refractivity contribution in [1.29, 1.82) is 0 Å². The molecule has 0 nitrogen and oxygen atoms in total. The molecule has 336 valence electrons. The van der Waals surface area contributed by atoms with Gasteiger partial charge in [-0.25, -0.2) is 0 Å². The van der Waals surface area contributed by atoms with Crippen LogP contribution in [-0.4, -0.2) is 18.5 Å². The number of halogens is 3. The molecule has 66 heavy (non-hydrogen) atoms. The van der Waals surface area contributed by atoms with E-state index in [1.807, 2.05) is 0 Å². The molecule has 0 unspecified atom stereocenters. The quantitative estimate of drug-likeness (QED) is 0.131. The average molecular weight is 1250 g/mol. The molecule has 0 aliphatic carbocycles. The van der Waals surface area contributed by atoms with Crippen molar-refractivity contribution in [3.05, 3.63) is 273 Å². The highest BCUT2D eigenvalue weighted by molar-refractivity contribution is 7.96. The summed E-state index contributed by atoms with van der Waals surface area (Å²) in [5, 5.41) is 13.2. The van der Waals surface area contributed by atoms with Gasteiger partial charge in [-0.3, -0.25) is 0 Å². The highest BCUT2D eigenvalue weighted by Crippen LogP contribution is 2.56. The predicted octanol–water partition coefficient (Wildman–Crippen LogP) is 3.01. The van der Waals surface area contributed by atoms with E-state index in [1.54, 1.807) is 0 Å². The summed E-state index contributed by atoms with van der Waals surface area (Å²) in [6.45, 7) is 6.96. The van der Waals surface area contributed by atoms with Gasteiger partial charge in [-0.15, -0.1) is 0 Å². The molecule has 0 aliphatic rings. The van der Waals surface area contributed by atoms with Crippen LogP contribution in [0.1, 0.15) is 20.8 Å². The van der Waals surface area contributed by atoms with Crippen LogP contribution < -0.4 is 120 Å². The molecular formula is C60H60I3P3. The Morgan fingerprint density at radius 2 is 0.273 bits per heavy atom. The first kappa shape index (κ1) is 55.1. The van der Waals surface area contributed by atoms with Gasteiger partial charge < -0.3 is 71.9 Å². The number of rotatable bonds is 12. The lowest BCUT2D eigenvalue weighted by atomic mass is 10.4. The van der Waals surface area contributed by atoms with Crippen LogP contribution in [0.25, 0.3) is 0 Å².